The maximum atomic E-state index is 12.5. The van der Waals surface area contributed by atoms with E-state index in [-0.39, 0.29) is 5.43 Å². The van der Waals surface area contributed by atoms with E-state index in [1.807, 2.05) is 13.8 Å². The molecule has 0 fully saturated rings. The molecule has 0 aliphatic carbocycles. The van der Waals surface area contributed by atoms with Gasteiger partial charge in [0.2, 0.25) is 5.91 Å². The minimum Gasteiger partial charge on any atom is -0.369 e. The number of rotatable bonds is 4. The van der Waals surface area contributed by atoms with Crippen LogP contribution < -0.4 is 11.2 Å². The van der Waals surface area contributed by atoms with Gasteiger partial charge in [-0.1, -0.05) is 25.4 Å². The molecule has 1 aromatic carbocycles. The molecule has 5 heteroatoms. The summed E-state index contributed by atoms with van der Waals surface area (Å²) in [4.78, 5) is 27.3. The van der Waals surface area contributed by atoms with Crippen molar-refractivity contribution in [3.05, 3.63) is 44.7 Å². The number of primary amides is 1. The zero-order valence-electron chi connectivity index (χ0n) is 11.5. The van der Waals surface area contributed by atoms with Gasteiger partial charge in [0.25, 0.3) is 0 Å². The Hall–Kier alpha value is -1.81. The number of H-pyrrole nitrogens is 1. The molecule has 1 amide bonds. The number of nitrogens with one attached hydrogen (secondary N) is 1. The van der Waals surface area contributed by atoms with Crippen molar-refractivity contribution in [3.63, 3.8) is 0 Å². The van der Waals surface area contributed by atoms with Crippen LogP contribution in [0, 0.1) is 0 Å². The molecule has 0 aliphatic rings. The Labute approximate surface area is 121 Å². The first-order chi connectivity index (χ1) is 9.49. The summed E-state index contributed by atoms with van der Waals surface area (Å²) in [6.45, 7) is 3.76. The van der Waals surface area contributed by atoms with Crippen LogP contribution in [-0.2, 0) is 11.2 Å². The number of hydrogen-bond donors (Lipinski definition) is 2. The quantitative estimate of drug-likeness (QED) is 0.909. The Kier molecular flexibility index (Phi) is 4.14. The largest absolute Gasteiger partial charge is 0.369 e. The summed E-state index contributed by atoms with van der Waals surface area (Å²) in [5, 5.41) is 1.05. The molecule has 106 valence electrons. The third-order valence-electron chi connectivity index (χ3n) is 3.55. The molecule has 0 bridgehead atoms. The SMILES string of the molecule is CCc1c(C(CC)C(N)=O)[nH]c2ccc(Cl)cc2c1=O. The molecular formula is C15H17ClN2O2. The van der Waals surface area contributed by atoms with Gasteiger partial charge in [-0.05, 0) is 31.0 Å². The number of pyridine rings is 1. The zero-order valence-corrected chi connectivity index (χ0v) is 12.3. The van der Waals surface area contributed by atoms with E-state index in [0.717, 1.165) is 0 Å². The summed E-state index contributed by atoms with van der Waals surface area (Å²) in [6, 6.07) is 5.10. The molecule has 2 aromatic rings. The van der Waals surface area contributed by atoms with Crippen LogP contribution in [0.25, 0.3) is 10.9 Å². The Bertz CT molecular complexity index is 722. The summed E-state index contributed by atoms with van der Waals surface area (Å²) in [6.07, 6.45) is 1.09. The molecule has 1 unspecified atom stereocenters. The minimum atomic E-state index is -0.474. The van der Waals surface area contributed by atoms with Gasteiger partial charge in [0, 0.05) is 27.2 Å². The average molecular weight is 293 g/mol. The smallest absolute Gasteiger partial charge is 0.226 e. The molecule has 0 saturated carbocycles. The topological polar surface area (TPSA) is 76.0 Å². The van der Waals surface area contributed by atoms with E-state index < -0.39 is 11.8 Å². The van der Waals surface area contributed by atoms with E-state index in [9.17, 15) is 9.59 Å². The highest BCUT2D eigenvalue weighted by Crippen LogP contribution is 2.24. The van der Waals surface area contributed by atoms with E-state index in [2.05, 4.69) is 4.98 Å². The number of hydrogen-bond acceptors (Lipinski definition) is 2. The normalized spacial score (nSPS) is 12.6. The summed E-state index contributed by atoms with van der Waals surface area (Å²) in [5.41, 5.74) is 7.26. The van der Waals surface area contributed by atoms with Crippen molar-refractivity contribution in [2.45, 2.75) is 32.6 Å². The molecule has 1 aromatic heterocycles. The first-order valence-corrected chi connectivity index (χ1v) is 7.01. The minimum absolute atomic E-state index is 0.0848. The predicted octanol–water partition coefficient (Wildman–Crippen LogP) is 2.72. The fourth-order valence-electron chi connectivity index (χ4n) is 2.51. The van der Waals surface area contributed by atoms with Crippen LogP contribution in [0.1, 0.15) is 37.4 Å². The fourth-order valence-corrected chi connectivity index (χ4v) is 2.69. The van der Waals surface area contributed by atoms with Crippen molar-refractivity contribution in [1.29, 1.82) is 0 Å². The first kappa shape index (κ1) is 14.6. The lowest BCUT2D eigenvalue weighted by Gasteiger charge is -2.16. The van der Waals surface area contributed by atoms with Crippen LogP contribution >= 0.6 is 11.6 Å². The average Bonchev–Trinajstić information content (AvgIpc) is 2.40. The molecular weight excluding hydrogens is 276 g/mol. The highest BCUT2D eigenvalue weighted by atomic mass is 35.5. The lowest BCUT2D eigenvalue weighted by Crippen LogP contribution is -2.26. The van der Waals surface area contributed by atoms with Crippen molar-refractivity contribution in [1.82, 2.24) is 4.98 Å². The Morgan fingerprint density at radius 3 is 2.65 bits per heavy atom. The Morgan fingerprint density at radius 1 is 1.40 bits per heavy atom. The van der Waals surface area contributed by atoms with E-state index in [0.29, 0.717) is 40.0 Å². The number of carbonyl (C=O) groups excluding carboxylic acids is 1. The molecule has 1 heterocycles. The molecule has 0 spiro atoms. The highest BCUT2D eigenvalue weighted by Gasteiger charge is 2.22. The number of aromatic nitrogens is 1. The van der Waals surface area contributed by atoms with Crippen LogP contribution in [0.4, 0.5) is 0 Å². The van der Waals surface area contributed by atoms with Crippen LogP contribution in [0.15, 0.2) is 23.0 Å². The van der Waals surface area contributed by atoms with Crippen molar-refractivity contribution in [2.75, 3.05) is 0 Å². The van der Waals surface area contributed by atoms with E-state index in [1.54, 1.807) is 18.2 Å². The van der Waals surface area contributed by atoms with Gasteiger partial charge in [0.15, 0.2) is 5.43 Å². The molecule has 0 radical (unpaired) electrons. The van der Waals surface area contributed by atoms with Gasteiger partial charge in [-0.15, -0.1) is 0 Å². The van der Waals surface area contributed by atoms with E-state index in [4.69, 9.17) is 17.3 Å². The van der Waals surface area contributed by atoms with Gasteiger partial charge in [-0.25, -0.2) is 0 Å². The second-order valence-corrected chi connectivity index (χ2v) is 5.19. The summed E-state index contributed by atoms with van der Waals surface area (Å²) < 4.78 is 0. The van der Waals surface area contributed by atoms with Crippen LogP contribution in [0.3, 0.4) is 0 Å². The van der Waals surface area contributed by atoms with E-state index >= 15 is 0 Å². The van der Waals surface area contributed by atoms with Gasteiger partial charge in [-0.2, -0.15) is 0 Å². The first-order valence-electron chi connectivity index (χ1n) is 6.63. The molecule has 3 N–H and O–H groups in total. The highest BCUT2D eigenvalue weighted by molar-refractivity contribution is 6.31. The molecule has 20 heavy (non-hydrogen) atoms. The van der Waals surface area contributed by atoms with Gasteiger partial charge in [0.1, 0.15) is 0 Å². The number of amides is 1. The third kappa shape index (κ3) is 2.43. The summed E-state index contributed by atoms with van der Waals surface area (Å²) >= 11 is 5.94. The number of carbonyl (C=O) groups is 1. The Balaban J connectivity index is 2.82. The van der Waals surface area contributed by atoms with Crippen LogP contribution in [-0.4, -0.2) is 10.9 Å². The second kappa shape index (κ2) is 5.67. The van der Waals surface area contributed by atoms with Crippen molar-refractivity contribution in [3.8, 4) is 0 Å². The summed E-state index contributed by atoms with van der Waals surface area (Å²) in [7, 11) is 0. The maximum absolute atomic E-state index is 12.5. The van der Waals surface area contributed by atoms with Gasteiger partial charge in [0.05, 0.1) is 5.92 Å². The third-order valence-corrected chi connectivity index (χ3v) is 3.78. The molecule has 0 aliphatic heterocycles. The van der Waals surface area contributed by atoms with Crippen LogP contribution in [0.5, 0.6) is 0 Å². The van der Waals surface area contributed by atoms with Gasteiger partial charge < -0.3 is 10.7 Å². The number of benzene rings is 1. The predicted molar refractivity (Wildman–Crippen MR) is 81.2 cm³/mol. The molecule has 0 saturated heterocycles. The summed E-state index contributed by atoms with van der Waals surface area (Å²) in [5.74, 6) is -0.899. The number of halogens is 1. The lowest BCUT2D eigenvalue weighted by molar-refractivity contribution is -0.119. The fraction of sp³-hybridized carbons (Fsp3) is 0.333. The van der Waals surface area contributed by atoms with Crippen LogP contribution in [0.2, 0.25) is 5.02 Å². The second-order valence-electron chi connectivity index (χ2n) is 4.75. The number of nitrogens with two attached hydrogens (primary N) is 1. The molecule has 1 atom stereocenters. The van der Waals surface area contributed by atoms with Crippen molar-refractivity contribution in [2.24, 2.45) is 5.73 Å². The van der Waals surface area contributed by atoms with E-state index in [1.165, 1.54) is 0 Å². The molecule has 2 rings (SSSR count). The monoisotopic (exact) mass is 292 g/mol. The maximum Gasteiger partial charge on any atom is 0.226 e. The number of fused-ring (bicyclic) bond motifs is 1. The number of aromatic amines is 1. The zero-order chi connectivity index (χ0) is 14.9. The van der Waals surface area contributed by atoms with Gasteiger partial charge >= 0.3 is 0 Å². The lowest BCUT2D eigenvalue weighted by atomic mass is 9.94. The van der Waals surface area contributed by atoms with Crippen molar-refractivity contribution >= 4 is 28.4 Å². The van der Waals surface area contributed by atoms with Crippen molar-refractivity contribution < 1.29 is 4.79 Å². The Morgan fingerprint density at radius 2 is 2.10 bits per heavy atom. The van der Waals surface area contributed by atoms with Gasteiger partial charge in [-0.3, -0.25) is 9.59 Å². The molecule has 4 nitrogen and oxygen atoms in total. The standard InChI is InChI=1S/C15H17ClN2O2/c1-3-9-13(10(4-2)15(17)20)18-12-6-5-8(16)7-11(12)14(9)19/h5-7,10H,3-4H2,1-2H3,(H2,17,20)(H,18,19).